The Morgan fingerprint density at radius 3 is 1.69 bits per heavy atom. The summed E-state index contributed by atoms with van der Waals surface area (Å²) < 4.78 is 34.4. The third-order valence-corrected chi connectivity index (χ3v) is 5.20. The molecule has 0 unspecified atom stereocenters. The zero-order valence-corrected chi connectivity index (χ0v) is 20.0. The van der Waals surface area contributed by atoms with E-state index in [0.717, 1.165) is 11.1 Å². The molecule has 1 aliphatic rings. The van der Waals surface area contributed by atoms with Crippen LogP contribution in [0.4, 0.5) is 0 Å². The van der Waals surface area contributed by atoms with Gasteiger partial charge < -0.3 is 28.4 Å². The highest BCUT2D eigenvalue weighted by atomic mass is 16.7. The summed E-state index contributed by atoms with van der Waals surface area (Å²) in [6, 6.07) is 18.9. The van der Waals surface area contributed by atoms with Gasteiger partial charge in [0.2, 0.25) is 6.29 Å². The molecule has 5 atom stereocenters. The lowest BCUT2D eigenvalue weighted by Gasteiger charge is -2.44. The average molecular weight is 487 g/mol. The molecule has 188 valence electrons. The van der Waals surface area contributed by atoms with Gasteiger partial charge in [0.15, 0.2) is 6.10 Å². The molecule has 1 saturated heterocycles. The molecule has 0 spiro atoms. The second-order valence-electron chi connectivity index (χ2n) is 8.05. The Morgan fingerprint density at radius 2 is 1.20 bits per heavy atom. The van der Waals surface area contributed by atoms with Crippen molar-refractivity contribution in [3.63, 3.8) is 0 Å². The van der Waals surface area contributed by atoms with E-state index in [1.54, 1.807) is 0 Å². The van der Waals surface area contributed by atoms with E-state index in [1.165, 1.54) is 20.8 Å². The smallest absolute Gasteiger partial charge is 0.305 e. The highest BCUT2D eigenvalue weighted by Crippen LogP contribution is 2.31. The molecule has 2 aromatic carbocycles. The highest BCUT2D eigenvalue weighted by molar-refractivity contribution is 5.67. The fourth-order valence-electron chi connectivity index (χ4n) is 3.71. The number of esters is 3. The SMILES string of the molecule is CC(=O)OC[C@H]1O[C@H](OC(C)=O)[C@@H](OC(C)=O)[C@@H](OCc2ccccc2)[C@H]1OCc1ccccc1. The Labute approximate surface area is 204 Å². The van der Waals surface area contributed by atoms with Crippen LogP contribution < -0.4 is 0 Å². The summed E-state index contributed by atoms with van der Waals surface area (Å²) in [5.41, 5.74) is 1.77. The summed E-state index contributed by atoms with van der Waals surface area (Å²) in [5, 5.41) is 0. The molecule has 3 rings (SSSR count). The Kier molecular flexibility index (Phi) is 9.77. The Hall–Kier alpha value is -3.27. The Bertz CT molecular complexity index is 963. The first-order valence-electron chi connectivity index (χ1n) is 11.3. The van der Waals surface area contributed by atoms with Crippen LogP contribution in [0.2, 0.25) is 0 Å². The molecule has 0 saturated carbocycles. The Balaban J connectivity index is 1.92. The number of ether oxygens (including phenoxy) is 6. The minimum absolute atomic E-state index is 0.168. The van der Waals surface area contributed by atoms with Crippen LogP contribution in [-0.2, 0) is 56.0 Å². The fourth-order valence-corrected chi connectivity index (χ4v) is 3.71. The van der Waals surface area contributed by atoms with Gasteiger partial charge in [-0.05, 0) is 11.1 Å². The molecule has 2 aromatic rings. The number of rotatable bonds is 10. The number of benzene rings is 2. The largest absolute Gasteiger partial charge is 0.463 e. The normalized spacial score (nSPS) is 23.8. The van der Waals surface area contributed by atoms with Crippen LogP contribution in [0.25, 0.3) is 0 Å². The van der Waals surface area contributed by atoms with E-state index in [4.69, 9.17) is 28.4 Å². The van der Waals surface area contributed by atoms with Crippen molar-refractivity contribution in [3.8, 4) is 0 Å². The summed E-state index contributed by atoms with van der Waals surface area (Å²) >= 11 is 0. The zero-order valence-electron chi connectivity index (χ0n) is 20.0. The molecule has 9 heteroatoms. The maximum atomic E-state index is 12.0. The molecular formula is C26H30O9. The molecule has 0 aromatic heterocycles. The second-order valence-corrected chi connectivity index (χ2v) is 8.05. The van der Waals surface area contributed by atoms with Gasteiger partial charge >= 0.3 is 17.9 Å². The summed E-state index contributed by atoms with van der Waals surface area (Å²) in [4.78, 5) is 35.3. The summed E-state index contributed by atoms with van der Waals surface area (Å²) in [5.74, 6) is -1.75. The number of carbonyl (C=O) groups excluding carboxylic acids is 3. The zero-order chi connectivity index (χ0) is 25.2. The van der Waals surface area contributed by atoms with Gasteiger partial charge in [-0.2, -0.15) is 0 Å². The number of carbonyl (C=O) groups is 3. The van der Waals surface area contributed by atoms with Gasteiger partial charge in [-0.15, -0.1) is 0 Å². The van der Waals surface area contributed by atoms with E-state index in [1.807, 2.05) is 60.7 Å². The molecule has 0 aliphatic carbocycles. The van der Waals surface area contributed by atoms with Gasteiger partial charge in [-0.3, -0.25) is 14.4 Å². The van der Waals surface area contributed by atoms with E-state index in [-0.39, 0.29) is 19.8 Å². The average Bonchev–Trinajstić information content (AvgIpc) is 2.82. The van der Waals surface area contributed by atoms with Gasteiger partial charge in [-0.1, -0.05) is 60.7 Å². The van der Waals surface area contributed by atoms with Crippen molar-refractivity contribution in [2.75, 3.05) is 6.61 Å². The maximum Gasteiger partial charge on any atom is 0.305 e. The molecule has 9 nitrogen and oxygen atoms in total. The molecule has 0 radical (unpaired) electrons. The predicted octanol–water partition coefficient (Wildman–Crippen LogP) is 2.94. The first-order valence-corrected chi connectivity index (χ1v) is 11.3. The van der Waals surface area contributed by atoms with E-state index < -0.39 is 48.6 Å². The van der Waals surface area contributed by atoms with Crippen LogP contribution in [0.1, 0.15) is 31.9 Å². The van der Waals surface area contributed by atoms with E-state index in [0.29, 0.717) is 0 Å². The summed E-state index contributed by atoms with van der Waals surface area (Å²) in [6.45, 7) is 3.92. The fraction of sp³-hybridized carbons (Fsp3) is 0.423. The van der Waals surface area contributed by atoms with Crippen LogP contribution in [0.5, 0.6) is 0 Å². The number of hydrogen-bond donors (Lipinski definition) is 0. The van der Waals surface area contributed by atoms with Crippen molar-refractivity contribution in [3.05, 3.63) is 71.8 Å². The van der Waals surface area contributed by atoms with Crippen LogP contribution >= 0.6 is 0 Å². The first kappa shape index (κ1) is 26.3. The third-order valence-electron chi connectivity index (χ3n) is 5.20. The molecule has 0 bridgehead atoms. The highest BCUT2D eigenvalue weighted by Gasteiger charge is 2.51. The van der Waals surface area contributed by atoms with Crippen molar-refractivity contribution in [1.29, 1.82) is 0 Å². The van der Waals surface area contributed by atoms with Gasteiger partial charge in [0, 0.05) is 20.8 Å². The van der Waals surface area contributed by atoms with Crippen LogP contribution in [-0.4, -0.2) is 55.2 Å². The van der Waals surface area contributed by atoms with Crippen molar-refractivity contribution in [2.45, 2.75) is 64.7 Å². The van der Waals surface area contributed by atoms with Crippen LogP contribution in [0.15, 0.2) is 60.7 Å². The second kappa shape index (κ2) is 13.0. The van der Waals surface area contributed by atoms with Gasteiger partial charge in [0.1, 0.15) is 24.9 Å². The van der Waals surface area contributed by atoms with Gasteiger partial charge in [-0.25, -0.2) is 0 Å². The molecule has 0 amide bonds. The summed E-state index contributed by atoms with van der Waals surface area (Å²) in [6.07, 6.45) is -4.99. The topological polar surface area (TPSA) is 107 Å². The van der Waals surface area contributed by atoms with Crippen molar-refractivity contribution in [2.24, 2.45) is 0 Å². The lowest BCUT2D eigenvalue weighted by atomic mass is 9.98. The molecule has 1 aliphatic heterocycles. The summed E-state index contributed by atoms with van der Waals surface area (Å²) in [7, 11) is 0. The van der Waals surface area contributed by atoms with Crippen LogP contribution in [0, 0.1) is 0 Å². The molecular weight excluding hydrogens is 456 g/mol. The molecule has 1 heterocycles. The molecule has 0 N–H and O–H groups in total. The van der Waals surface area contributed by atoms with Crippen LogP contribution in [0.3, 0.4) is 0 Å². The van der Waals surface area contributed by atoms with Crippen molar-refractivity contribution < 1.29 is 42.8 Å². The molecule has 1 fully saturated rings. The quantitative estimate of drug-likeness (QED) is 0.370. The van der Waals surface area contributed by atoms with E-state index >= 15 is 0 Å². The Morgan fingerprint density at radius 1 is 0.686 bits per heavy atom. The standard InChI is InChI=1S/C26H30O9/c1-17(27)30-16-22-23(31-14-20-10-6-4-7-11-20)24(32-15-21-12-8-5-9-13-21)25(33-18(2)28)26(35-22)34-19(3)29/h4-13,22-26H,14-16H2,1-3H3/t22-,23+,24+,25+,26+/m1/s1. The van der Waals surface area contributed by atoms with Crippen molar-refractivity contribution >= 4 is 17.9 Å². The van der Waals surface area contributed by atoms with E-state index in [9.17, 15) is 14.4 Å². The number of hydrogen-bond acceptors (Lipinski definition) is 9. The van der Waals surface area contributed by atoms with Gasteiger partial charge in [0.25, 0.3) is 0 Å². The lowest BCUT2D eigenvalue weighted by Crippen LogP contribution is -2.62. The van der Waals surface area contributed by atoms with Crippen molar-refractivity contribution in [1.82, 2.24) is 0 Å². The maximum absolute atomic E-state index is 12.0. The lowest BCUT2D eigenvalue weighted by molar-refractivity contribution is -0.311. The van der Waals surface area contributed by atoms with E-state index in [2.05, 4.69) is 0 Å². The minimum atomic E-state index is -1.28. The third kappa shape index (κ3) is 8.17. The monoisotopic (exact) mass is 486 g/mol. The first-order chi connectivity index (χ1) is 16.8. The molecule has 35 heavy (non-hydrogen) atoms. The van der Waals surface area contributed by atoms with Gasteiger partial charge in [0.05, 0.1) is 13.2 Å². The minimum Gasteiger partial charge on any atom is -0.463 e. The predicted molar refractivity (Wildman–Crippen MR) is 123 cm³/mol.